The Bertz CT molecular complexity index is 185. The molecule has 0 heterocycles. The van der Waals surface area contributed by atoms with Crippen molar-refractivity contribution in [2.45, 2.75) is 38.1 Å². The zero-order chi connectivity index (χ0) is 9.90. The summed E-state index contributed by atoms with van der Waals surface area (Å²) in [6.45, 7) is 0.997. The van der Waals surface area contributed by atoms with Crippen LogP contribution in [0.2, 0.25) is 0 Å². The fraction of sp³-hybridized carbons (Fsp3) is 0.900. The SMILES string of the molecule is C[N+](C)(CCCC(=O)O)C1CCC1. The lowest BCUT2D eigenvalue weighted by Gasteiger charge is -2.43. The Morgan fingerprint density at radius 2 is 2.08 bits per heavy atom. The van der Waals surface area contributed by atoms with E-state index in [4.69, 9.17) is 5.11 Å². The molecule has 1 rings (SSSR count). The first-order valence-corrected chi connectivity index (χ1v) is 5.07. The zero-order valence-corrected chi connectivity index (χ0v) is 8.62. The molecule has 13 heavy (non-hydrogen) atoms. The van der Waals surface area contributed by atoms with Crippen molar-refractivity contribution in [2.75, 3.05) is 20.6 Å². The molecule has 0 aliphatic heterocycles. The lowest BCUT2D eigenvalue weighted by atomic mass is 9.90. The fourth-order valence-corrected chi connectivity index (χ4v) is 1.91. The summed E-state index contributed by atoms with van der Waals surface area (Å²) < 4.78 is 1.01. The highest BCUT2D eigenvalue weighted by atomic mass is 16.4. The van der Waals surface area contributed by atoms with Gasteiger partial charge in [-0.05, 0) is 19.3 Å². The minimum atomic E-state index is -0.673. The van der Waals surface area contributed by atoms with Gasteiger partial charge < -0.3 is 9.59 Å². The van der Waals surface area contributed by atoms with Crippen LogP contribution < -0.4 is 0 Å². The third-order valence-electron chi connectivity index (χ3n) is 3.19. The van der Waals surface area contributed by atoms with E-state index in [1.54, 1.807) is 0 Å². The smallest absolute Gasteiger partial charge is 0.303 e. The van der Waals surface area contributed by atoms with Gasteiger partial charge in [0.25, 0.3) is 0 Å². The van der Waals surface area contributed by atoms with Crippen LogP contribution in [0.15, 0.2) is 0 Å². The summed E-state index contributed by atoms with van der Waals surface area (Å²) in [4.78, 5) is 10.3. The number of nitrogens with zero attached hydrogens (tertiary/aromatic N) is 1. The Balaban J connectivity index is 2.21. The Morgan fingerprint density at radius 3 is 2.46 bits per heavy atom. The van der Waals surface area contributed by atoms with Crippen molar-refractivity contribution in [3.05, 3.63) is 0 Å². The summed E-state index contributed by atoms with van der Waals surface area (Å²) in [5.41, 5.74) is 0. The third kappa shape index (κ3) is 2.99. The van der Waals surface area contributed by atoms with Gasteiger partial charge in [0.05, 0.1) is 33.1 Å². The predicted octanol–water partition coefficient (Wildman–Crippen LogP) is 1.48. The van der Waals surface area contributed by atoms with E-state index in [1.165, 1.54) is 19.3 Å². The highest BCUT2D eigenvalue weighted by molar-refractivity contribution is 5.66. The molecule has 3 nitrogen and oxygen atoms in total. The average Bonchev–Trinajstić information content (AvgIpc) is 1.79. The topological polar surface area (TPSA) is 37.3 Å². The highest BCUT2D eigenvalue weighted by Crippen LogP contribution is 2.28. The number of carboxylic acid groups (broad SMARTS) is 1. The van der Waals surface area contributed by atoms with E-state index in [2.05, 4.69) is 14.1 Å². The average molecular weight is 186 g/mol. The van der Waals surface area contributed by atoms with Gasteiger partial charge in [-0.3, -0.25) is 4.79 Å². The molecule has 1 N–H and O–H groups in total. The van der Waals surface area contributed by atoms with E-state index in [0.29, 0.717) is 6.42 Å². The Hall–Kier alpha value is -0.570. The van der Waals surface area contributed by atoms with Crippen molar-refractivity contribution in [1.82, 2.24) is 0 Å². The first-order chi connectivity index (χ1) is 6.02. The van der Waals surface area contributed by atoms with Crippen molar-refractivity contribution in [1.29, 1.82) is 0 Å². The molecule has 0 amide bonds. The van der Waals surface area contributed by atoms with Crippen LogP contribution in [0.5, 0.6) is 0 Å². The summed E-state index contributed by atoms with van der Waals surface area (Å²) in [6.07, 6.45) is 5.11. The molecule has 0 saturated heterocycles. The van der Waals surface area contributed by atoms with E-state index in [-0.39, 0.29) is 0 Å². The Kier molecular flexibility index (Phi) is 3.31. The Morgan fingerprint density at radius 1 is 1.46 bits per heavy atom. The molecule has 0 unspecified atom stereocenters. The van der Waals surface area contributed by atoms with Crippen molar-refractivity contribution >= 4 is 5.97 Å². The van der Waals surface area contributed by atoms with Crippen LogP contribution in [0.4, 0.5) is 0 Å². The maximum absolute atomic E-state index is 10.3. The maximum atomic E-state index is 10.3. The lowest BCUT2D eigenvalue weighted by Crippen LogP contribution is -2.52. The number of carboxylic acids is 1. The number of carbonyl (C=O) groups is 1. The molecule has 0 aromatic heterocycles. The zero-order valence-electron chi connectivity index (χ0n) is 8.62. The lowest BCUT2D eigenvalue weighted by molar-refractivity contribution is -0.920. The van der Waals surface area contributed by atoms with Gasteiger partial charge in [-0.1, -0.05) is 0 Å². The first kappa shape index (κ1) is 10.5. The molecule has 0 aromatic carbocycles. The van der Waals surface area contributed by atoms with Gasteiger partial charge in [-0.25, -0.2) is 0 Å². The van der Waals surface area contributed by atoms with Crippen molar-refractivity contribution in [3.63, 3.8) is 0 Å². The van der Waals surface area contributed by atoms with E-state index < -0.39 is 5.97 Å². The Labute approximate surface area is 79.9 Å². The van der Waals surface area contributed by atoms with Gasteiger partial charge >= 0.3 is 5.97 Å². The molecule has 1 aliphatic carbocycles. The summed E-state index contributed by atoms with van der Waals surface area (Å²) in [5.74, 6) is -0.673. The molecule has 0 aromatic rings. The molecule has 1 saturated carbocycles. The van der Waals surface area contributed by atoms with Crippen LogP contribution in [-0.2, 0) is 4.79 Å². The minimum absolute atomic E-state index is 0.314. The summed E-state index contributed by atoms with van der Waals surface area (Å²) in [5, 5.41) is 8.51. The van der Waals surface area contributed by atoms with Crippen LogP contribution in [0, 0.1) is 0 Å². The van der Waals surface area contributed by atoms with Crippen LogP contribution in [0.25, 0.3) is 0 Å². The molecule has 0 radical (unpaired) electrons. The highest BCUT2D eigenvalue weighted by Gasteiger charge is 2.32. The third-order valence-corrected chi connectivity index (χ3v) is 3.19. The number of hydrogen-bond donors (Lipinski definition) is 1. The second kappa shape index (κ2) is 4.09. The van der Waals surface area contributed by atoms with Crippen molar-refractivity contribution in [2.24, 2.45) is 0 Å². The molecular weight excluding hydrogens is 166 g/mol. The van der Waals surface area contributed by atoms with Gasteiger partial charge in [-0.15, -0.1) is 0 Å². The molecule has 1 fully saturated rings. The summed E-state index contributed by atoms with van der Waals surface area (Å²) in [7, 11) is 4.43. The standard InChI is InChI=1S/C10H19NO2/c1-11(2,9-5-3-6-9)8-4-7-10(12)13/h9H,3-8H2,1-2H3/p+1. The minimum Gasteiger partial charge on any atom is -0.481 e. The van der Waals surface area contributed by atoms with Gasteiger partial charge in [0.1, 0.15) is 0 Å². The van der Waals surface area contributed by atoms with Crippen LogP contribution in [0.1, 0.15) is 32.1 Å². The quantitative estimate of drug-likeness (QED) is 0.660. The molecular formula is C10H20NO2+. The summed E-state index contributed by atoms with van der Waals surface area (Å²) >= 11 is 0. The monoisotopic (exact) mass is 186 g/mol. The second-order valence-electron chi connectivity index (χ2n) is 4.58. The fourth-order valence-electron chi connectivity index (χ4n) is 1.91. The maximum Gasteiger partial charge on any atom is 0.303 e. The van der Waals surface area contributed by atoms with Gasteiger partial charge in [0, 0.05) is 6.42 Å². The molecule has 0 bridgehead atoms. The van der Waals surface area contributed by atoms with E-state index in [0.717, 1.165) is 23.5 Å². The molecule has 1 aliphatic rings. The molecule has 0 spiro atoms. The largest absolute Gasteiger partial charge is 0.481 e. The van der Waals surface area contributed by atoms with Crippen LogP contribution in [0.3, 0.4) is 0 Å². The number of rotatable bonds is 5. The predicted molar refractivity (Wildman–Crippen MR) is 51.5 cm³/mol. The van der Waals surface area contributed by atoms with Crippen molar-refractivity contribution < 1.29 is 14.4 Å². The van der Waals surface area contributed by atoms with Crippen LogP contribution >= 0.6 is 0 Å². The number of hydrogen-bond acceptors (Lipinski definition) is 1. The van der Waals surface area contributed by atoms with Crippen LogP contribution in [-0.4, -0.2) is 42.2 Å². The van der Waals surface area contributed by atoms with Gasteiger partial charge in [-0.2, -0.15) is 0 Å². The first-order valence-electron chi connectivity index (χ1n) is 5.07. The number of aliphatic carboxylic acids is 1. The molecule has 0 atom stereocenters. The molecule has 76 valence electrons. The summed E-state index contributed by atoms with van der Waals surface area (Å²) in [6, 6.07) is 0.786. The van der Waals surface area contributed by atoms with E-state index >= 15 is 0 Å². The van der Waals surface area contributed by atoms with Gasteiger partial charge in [0.15, 0.2) is 0 Å². The van der Waals surface area contributed by atoms with Crippen molar-refractivity contribution in [3.8, 4) is 0 Å². The second-order valence-corrected chi connectivity index (χ2v) is 4.58. The van der Waals surface area contributed by atoms with Gasteiger partial charge in [0.2, 0.25) is 0 Å². The number of quaternary nitrogens is 1. The van der Waals surface area contributed by atoms with E-state index in [1.807, 2.05) is 0 Å². The molecule has 3 heteroatoms. The van der Waals surface area contributed by atoms with E-state index in [9.17, 15) is 4.79 Å². The normalized spacial score (nSPS) is 18.3.